The Morgan fingerprint density at radius 3 is 2.27 bits per heavy atom. The van der Waals surface area contributed by atoms with Crippen LogP contribution in [0.2, 0.25) is 0 Å². The summed E-state index contributed by atoms with van der Waals surface area (Å²) in [5, 5.41) is 2.57. The molecule has 1 aliphatic rings. The van der Waals surface area contributed by atoms with Gasteiger partial charge in [0.15, 0.2) is 13.2 Å². The normalized spacial score (nSPS) is 14.8. The SMILES string of the molecule is Cc1cc(C)cc(OCC(=O)OCC(=O)Nc2cccc(S(=O)(=O)N3CCCCCC3)c2)c1. The number of nitrogens with zero attached hydrogens (tertiary/aromatic N) is 1. The van der Waals surface area contributed by atoms with Crippen molar-refractivity contribution in [3.63, 3.8) is 0 Å². The lowest BCUT2D eigenvalue weighted by atomic mass is 10.1. The number of hydrogen-bond donors (Lipinski definition) is 1. The second kappa shape index (κ2) is 11.3. The first kappa shape index (κ1) is 24.7. The van der Waals surface area contributed by atoms with E-state index in [1.54, 1.807) is 24.3 Å². The molecule has 2 aromatic rings. The Kier molecular flexibility index (Phi) is 8.46. The van der Waals surface area contributed by atoms with E-state index < -0.39 is 28.5 Å². The molecule has 2 aromatic carbocycles. The largest absolute Gasteiger partial charge is 0.482 e. The molecule has 1 heterocycles. The summed E-state index contributed by atoms with van der Waals surface area (Å²) in [6, 6.07) is 11.7. The Morgan fingerprint density at radius 2 is 1.61 bits per heavy atom. The molecule has 33 heavy (non-hydrogen) atoms. The van der Waals surface area contributed by atoms with Crippen LogP contribution in [0.25, 0.3) is 0 Å². The van der Waals surface area contributed by atoms with Crippen LogP contribution in [0.4, 0.5) is 5.69 Å². The van der Waals surface area contributed by atoms with Gasteiger partial charge in [-0.1, -0.05) is 25.0 Å². The molecule has 0 atom stereocenters. The van der Waals surface area contributed by atoms with Crippen molar-refractivity contribution in [2.24, 2.45) is 0 Å². The molecule has 0 aliphatic carbocycles. The van der Waals surface area contributed by atoms with Gasteiger partial charge in [0.25, 0.3) is 5.91 Å². The zero-order valence-corrected chi connectivity index (χ0v) is 19.8. The number of sulfonamides is 1. The predicted molar refractivity (Wildman–Crippen MR) is 125 cm³/mol. The molecule has 1 aliphatic heterocycles. The van der Waals surface area contributed by atoms with Gasteiger partial charge in [-0.25, -0.2) is 13.2 Å². The van der Waals surface area contributed by atoms with Gasteiger partial charge in [0.05, 0.1) is 4.90 Å². The Labute approximate surface area is 194 Å². The van der Waals surface area contributed by atoms with Crippen molar-refractivity contribution in [3.8, 4) is 5.75 Å². The number of anilines is 1. The van der Waals surface area contributed by atoms with E-state index >= 15 is 0 Å². The second-order valence-electron chi connectivity index (χ2n) is 8.17. The molecule has 8 nitrogen and oxygen atoms in total. The van der Waals surface area contributed by atoms with Crippen molar-refractivity contribution < 1.29 is 27.5 Å². The highest BCUT2D eigenvalue weighted by molar-refractivity contribution is 7.89. The quantitative estimate of drug-likeness (QED) is 0.588. The third kappa shape index (κ3) is 7.30. The number of ether oxygens (including phenoxy) is 2. The lowest BCUT2D eigenvalue weighted by Gasteiger charge is -2.20. The van der Waals surface area contributed by atoms with Crippen LogP contribution < -0.4 is 10.1 Å². The second-order valence-corrected chi connectivity index (χ2v) is 10.1. The number of carbonyl (C=O) groups is 2. The van der Waals surface area contributed by atoms with Crippen molar-refractivity contribution in [1.82, 2.24) is 4.31 Å². The van der Waals surface area contributed by atoms with Gasteiger partial charge in [0, 0.05) is 18.8 Å². The molecule has 0 aromatic heterocycles. The zero-order chi connectivity index (χ0) is 23.8. The number of nitrogens with one attached hydrogen (secondary N) is 1. The van der Waals surface area contributed by atoms with Gasteiger partial charge in [-0.15, -0.1) is 0 Å². The third-order valence-corrected chi connectivity index (χ3v) is 7.13. The summed E-state index contributed by atoms with van der Waals surface area (Å²) in [4.78, 5) is 24.2. The van der Waals surface area contributed by atoms with Crippen LogP contribution in [0.5, 0.6) is 5.75 Å². The van der Waals surface area contributed by atoms with E-state index in [9.17, 15) is 18.0 Å². The molecule has 178 valence electrons. The Hall–Kier alpha value is -2.91. The zero-order valence-electron chi connectivity index (χ0n) is 19.0. The maximum atomic E-state index is 13.0. The van der Waals surface area contributed by atoms with E-state index in [0.29, 0.717) is 24.5 Å². The van der Waals surface area contributed by atoms with Crippen molar-refractivity contribution in [2.75, 3.05) is 31.6 Å². The third-order valence-electron chi connectivity index (χ3n) is 5.24. The first-order valence-corrected chi connectivity index (χ1v) is 12.4. The summed E-state index contributed by atoms with van der Waals surface area (Å²) in [5.74, 6) is -0.697. The van der Waals surface area contributed by atoms with Gasteiger partial charge < -0.3 is 14.8 Å². The van der Waals surface area contributed by atoms with Crippen LogP contribution in [0, 0.1) is 13.8 Å². The molecular formula is C24H30N2O6S. The molecule has 0 unspecified atom stereocenters. The molecule has 1 saturated heterocycles. The van der Waals surface area contributed by atoms with Crippen LogP contribution in [0.15, 0.2) is 47.4 Å². The van der Waals surface area contributed by atoms with E-state index in [4.69, 9.17) is 9.47 Å². The van der Waals surface area contributed by atoms with Gasteiger partial charge in [0.1, 0.15) is 5.75 Å². The summed E-state index contributed by atoms with van der Waals surface area (Å²) in [6.07, 6.45) is 3.73. The van der Waals surface area contributed by atoms with Gasteiger partial charge >= 0.3 is 5.97 Å². The average Bonchev–Trinajstić information content (AvgIpc) is 3.06. The molecule has 1 N–H and O–H groups in total. The van der Waals surface area contributed by atoms with Crippen LogP contribution in [-0.4, -0.2) is 50.9 Å². The number of carbonyl (C=O) groups excluding carboxylic acids is 2. The van der Waals surface area contributed by atoms with Crippen molar-refractivity contribution in [1.29, 1.82) is 0 Å². The lowest BCUT2D eigenvalue weighted by Crippen LogP contribution is -2.32. The first-order chi connectivity index (χ1) is 15.7. The summed E-state index contributed by atoms with van der Waals surface area (Å²) in [7, 11) is -3.63. The number of esters is 1. The van der Waals surface area contributed by atoms with Gasteiger partial charge in [0.2, 0.25) is 10.0 Å². The van der Waals surface area contributed by atoms with Gasteiger partial charge in [-0.05, 0) is 68.1 Å². The van der Waals surface area contributed by atoms with E-state index in [1.165, 1.54) is 16.4 Å². The van der Waals surface area contributed by atoms with Crippen molar-refractivity contribution in [2.45, 2.75) is 44.4 Å². The maximum Gasteiger partial charge on any atom is 0.344 e. The van der Waals surface area contributed by atoms with Gasteiger partial charge in [-0.3, -0.25) is 4.79 Å². The minimum absolute atomic E-state index is 0.126. The fourth-order valence-electron chi connectivity index (χ4n) is 3.71. The standard InChI is InChI=1S/C24H30N2O6S/c1-18-12-19(2)14-21(13-18)31-17-24(28)32-16-23(27)25-20-8-7-9-22(15-20)33(29,30)26-10-5-3-4-6-11-26/h7-9,12-15H,3-6,10-11,16-17H2,1-2H3,(H,25,27). The minimum Gasteiger partial charge on any atom is -0.482 e. The summed E-state index contributed by atoms with van der Waals surface area (Å²) < 4.78 is 37.8. The lowest BCUT2D eigenvalue weighted by molar-refractivity contribution is -0.149. The van der Waals surface area contributed by atoms with E-state index in [2.05, 4.69) is 5.32 Å². The predicted octanol–water partition coefficient (Wildman–Crippen LogP) is 3.43. The smallest absolute Gasteiger partial charge is 0.344 e. The van der Waals surface area contributed by atoms with E-state index in [0.717, 1.165) is 36.8 Å². The molecule has 1 amide bonds. The van der Waals surface area contributed by atoms with Crippen LogP contribution in [0.1, 0.15) is 36.8 Å². The number of rotatable bonds is 8. The molecule has 0 radical (unpaired) electrons. The topological polar surface area (TPSA) is 102 Å². The summed E-state index contributed by atoms with van der Waals surface area (Å²) >= 11 is 0. The molecule has 0 spiro atoms. The minimum atomic E-state index is -3.63. The fourth-order valence-corrected chi connectivity index (χ4v) is 5.27. The summed E-state index contributed by atoms with van der Waals surface area (Å²) in [6.45, 7) is 4.03. The van der Waals surface area contributed by atoms with Gasteiger partial charge in [-0.2, -0.15) is 4.31 Å². The van der Waals surface area contributed by atoms with Crippen molar-refractivity contribution in [3.05, 3.63) is 53.6 Å². The molecule has 0 saturated carbocycles. The molecular weight excluding hydrogens is 444 g/mol. The highest BCUT2D eigenvalue weighted by atomic mass is 32.2. The van der Waals surface area contributed by atoms with Crippen LogP contribution in [-0.2, 0) is 24.3 Å². The fraction of sp³-hybridized carbons (Fsp3) is 0.417. The Balaban J connectivity index is 1.51. The van der Waals surface area contributed by atoms with Crippen molar-refractivity contribution >= 4 is 27.6 Å². The monoisotopic (exact) mass is 474 g/mol. The Morgan fingerprint density at radius 1 is 0.939 bits per heavy atom. The summed E-state index contributed by atoms with van der Waals surface area (Å²) in [5.41, 5.74) is 2.34. The first-order valence-electron chi connectivity index (χ1n) is 11.0. The Bertz CT molecular complexity index is 1070. The number of benzene rings is 2. The maximum absolute atomic E-state index is 13.0. The highest BCUT2D eigenvalue weighted by Gasteiger charge is 2.25. The van der Waals surface area contributed by atoms with E-state index in [-0.39, 0.29) is 11.5 Å². The average molecular weight is 475 g/mol. The number of aryl methyl sites for hydroxylation is 2. The molecule has 3 rings (SSSR count). The number of amides is 1. The van der Waals surface area contributed by atoms with Crippen LogP contribution >= 0.6 is 0 Å². The number of hydrogen-bond acceptors (Lipinski definition) is 6. The molecule has 9 heteroatoms. The molecule has 0 bridgehead atoms. The van der Waals surface area contributed by atoms with E-state index in [1.807, 2.05) is 19.9 Å². The molecule has 1 fully saturated rings. The highest BCUT2D eigenvalue weighted by Crippen LogP contribution is 2.22. The van der Waals surface area contributed by atoms with Crippen LogP contribution in [0.3, 0.4) is 0 Å².